The average Bonchev–Trinajstić information content (AvgIpc) is 1.79. The van der Waals surface area contributed by atoms with Crippen molar-refractivity contribution in [3.05, 3.63) is 0 Å². The summed E-state index contributed by atoms with van der Waals surface area (Å²) in [7, 11) is 0. The van der Waals surface area contributed by atoms with Crippen molar-refractivity contribution >= 4 is 51.3 Å². The van der Waals surface area contributed by atoms with Crippen LogP contribution in [0, 0.1) is 0 Å². The minimum atomic E-state index is 0.780. The number of hydrogen-bond acceptors (Lipinski definition) is 2. The fraction of sp³-hybridized carbons (Fsp3) is 0.667. The van der Waals surface area contributed by atoms with Gasteiger partial charge in [0.2, 0.25) is 0 Å². The van der Waals surface area contributed by atoms with E-state index in [1.807, 2.05) is 6.92 Å². The molecular formula is C6H10OSSe2. The molecule has 58 valence electrons. The molecule has 0 heterocycles. The van der Waals surface area contributed by atoms with Crippen LogP contribution in [0.3, 0.4) is 0 Å². The molecule has 0 aliphatic rings. The van der Waals surface area contributed by atoms with Crippen LogP contribution >= 0.6 is 11.8 Å². The van der Waals surface area contributed by atoms with Crippen molar-refractivity contribution in [3.63, 3.8) is 0 Å². The van der Waals surface area contributed by atoms with Gasteiger partial charge in [-0.15, -0.1) is 0 Å². The van der Waals surface area contributed by atoms with Gasteiger partial charge in [0.05, 0.1) is 0 Å². The molecule has 1 nitrogen and oxygen atoms in total. The van der Waals surface area contributed by atoms with Gasteiger partial charge in [-0.2, -0.15) is 0 Å². The molecule has 0 N–H and O–H groups in total. The first-order valence-corrected chi connectivity index (χ1v) is 5.59. The van der Waals surface area contributed by atoms with E-state index < -0.39 is 0 Å². The van der Waals surface area contributed by atoms with E-state index >= 15 is 0 Å². The first-order valence-electron chi connectivity index (χ1n) is 2.89. The first kappa shape index (κ1) is 10.9. The first-order chi connectivity index (χ1) is 4.63. The van der Waals surface area contributed by atoms with Gasteiger partial charge < -0.3 is 0 Å². The standard InChI is InChI=1S/C6H10OSSe2/c1-5(9)7-3-4-8-6(2)10/h3-4H2,1-2H3. The fourth-order valence-corrected chi connectivity index (χ4v) is 1.52. The predicted octanol–water partition coefficient (Wildman–Crippen LogP) is 0.373. The van der Waals surface area contributed by atoms with E-state index in [4.69, 9.17) is 4.74 Å². The van der Waals surface area contributed by atoms with E-state index in [9.17, 15) is 0 Å². The molecule has 0 atom stereocenters. The predicted molar refractivity (Wildman–Crippen MR) is 51.3 cm³/mol. The van der Waals surface area contributed by atoms with E-state index in [0.717, 1.165) is 17.0 Å². The fourth-order valence-electron chi connectivity index (χ4n) is 0.371. The van der Waals surface area contributed by atoms with Gasteiger partial charge in [0.25, 0.3) is 0 Å². The van der Waals surface area contributed by atoms with E-state index in [1.165, 1.54) is 3.75 Å². The van der Waals surface area contributed by atoms with Crippen LogP contribution in [0.15, 0.2) is 0 Å². The second-order valence-electron chi connectivity index (χ2n) is 1.68. The van der Waals surface area contributed by atoms with Crippen molar-refractivity contribution in [2.24, 2.45) is 0 Å². The van der Waals surface area contributed by atoms with E-state index in [2.05, 4.69) is 38.1 Å². The number of ether oxygens (including phenoxy) is 1. The Balaban J connectivity index is 3.06. The Morgan fingerprint density at radius 2 is 2.00 bits per heavy atom. The van der Waals surface area contributed by atoms with Crippen LogP contribution in [0.25, 0.3) is 0 Å². The quantitative estimate of drug-likeness (QED) is 0.534. The van der Waals surface area contributed by atoms with Crippen molar-refractivity contribution in [3.8, 4) is 0 Å². The molecule has 0 saturated heterocycles. The third-order valence-electron chi connectivity index (χ3n) is 0.694. The summed E-state index contributed by atoms with van der Waals surface area (Å²) in [5, 5.41) is 0. The van der Waals surface area contributed by atoms with Crippen molar-refractivity contribution in [2.45, 2.75) is 13.8 Å². The normalized spacial score (nSPS) is 9.00. The molecule has 0 radical (unpaired) electrons. The molecule has 0 bridgehead atoms. The number of rotatable bonds is 5. The van der Waals surface area contributed by atoms with Gasteiger partial charge in [0.1, 0.15) is 0 Å². The Morgan fingerprint density at radius 1 is 1.40 bits per heavy atom. The second-order valence-corrected chi connectivity index (χ2v) is 6.06. The Labute approximate surface area is 82.0 Å². The summed E-state index contributed by atoms with van der Waals surface area (Å²) in [5.41, 5.74) is 0. The molecule has 4 heteroatoms. The summed E-state index contributed by atoms with van der Waals surface area (Å²) in [6.45, 7) is 4.75. The van der Waals surface area contributed by atoms with Gasteiger partial charge in [0, 0.05) is 0 Å². The molecule has 0 aromatic heterocycles. The third kappa shape index (κ3) is 8.93. The Kier molecular flexibility index (Phi) is 7.24. The van der Waals surface area contributed by atoms with Crippen LogP contribution in [0.1, 0.15) is 13.8 Å². The molecule has 0 aromatic rings. The van der Waals surface area contributed by atoms with Crippen LogP contribution < -0.4 is 0 Å². The number of thioether (sulfide) groups is 1. The van der Waals surface area contributed by atoms with E-state index in [1.54, 1.807) is 11.8 Å². The Morgan fingerprint density at radius 3 is 2.40 bits per heavy atom. The summed E-state index contributed by atoms with van der Waals surface area (Å²) in [4.78, 5) is 0. The molecule has 0 unspecified atom stereocenters. The Bertz CT molecular complexity index is 120. The average molecular weight is 288 g/mol. The summed E-state index contributed by atoms with van der Waals surface area (Å²) in [5.74, 6) is 1.01. The van der Waals surface area contributed by atoms with Gasteiger partial charge in [-0.1, -0.05) is 0 Å². The molecule has 0 aliphatic carbocycles. The van der Waals surface area contributed by atoms with Crippen molar-refractivity contribution in [1.29, 1.82) is 0 Å². The van der Waals surface area contributed by atoms with Crippen LogP contribution in [-0.4, -0.2) is 51.9 Å². The summed E-state index contributed by atoms with van der Waals surface area (Å²) >= 11 is 7.52. The van der Waals surface area contributed by atoms with Crippen LogP contribution in [0.2, 0.25) is 0 Å². The maximum absolute atomic E-state index is 5.21. The minimum absolute atomic E-state index is 0.780. The molecule has 0 spiro atoms. The zero-order valence-corrected chi connectivity index (χ0v) is 10.3. The molecule has 0 amide bonds. The third-order valence-corrected chi connectivity index (χ3v) is 2.46. The monoisotopic (exact) mass is 290 g/mol. The molecular weight excluding hydrogens is 278 g/mol. The van der Waals surface area contributed by atoms with Gasteiger partial charge in [-0.3, -0.25) is 0 Å². The zero-order chi connectivity index (χ0) is 7.98. The number of hydrogen-bond donors (Lipinski definition) is 0. The van der Waals surface area contributed by atoms with Crippen LogP contribution in [-0.2, 0) is 4.74 Å². The van der Waals surface area contributed by atoms with Gasteiger partial charge in [-0.25, -0.2) is 0 Å². The molecule has 0 fully saturated rings. The molecule has 0 aromatic carbocycles. The van der Waals surface area contributed by atoms with Crippen molar-refractivity contribution in [2.75, 3.05) is 12.4 Å². The van der Waals surface area contributed by atoms with Crippen molar-refractivity contribution in [1.82, 2.24) is 0 Å². The second kappa shape index (κ2) is 6.63. The zero-order valence-electron chi connectivity index (χ0n) is 6.05. The molecule has 0 saturated carbocycles. The van der Waals surface area contributed by atoms with Crippen LogP contribution in [0.4, 0.5) is 0 Å². The Hall–Kier alpha value is 0.929. The topological polar surface area (TPSA) is 9.23 Å². The summed E-state index contributed by atoms with van der Waals surface area (Å²) < 4.78 is 7.39. The molecule has 0 rings (SSSR count). The van der Waals surface area contributed by atoms with Gasteiger partial charge in [0.15, 0.2) is 0 Å². The van der Waals surface area contributed by atoms with E-state index in [-0.39, 0.29) is 0 Å². The SMILES string of the molecule is CC(=[Se])OCCSC(C)=[Se]. The van der Waals surface area contributed by atoms with Gasteiger partial charge in [-0.05, 0) is 0 Å². The molecule has 0 aliphatic heterocycles. The maximum atomic E-state index is 5.21. The summed E-state index contributed by atoms with van der Waals surface area (Å²) in [6, 6.07) is 0. The van der Waals surface area contributed by atoms with Crippen LogP contribution in [0.5, 0.6) is 0 Å². The van der Waals surface area contributed by atoms with Crippen molar-refractivity contribution < 1.29 is 4.74 Å². The summed E-state index contributed by atoms with van der Waals surface area (Å²) in [6.07, 6.45) is 0. The van der Waals surface area contributed by atoms with E-state index in [0.29, 0.717) is 0 Å². The molecule has 10 heavy (non-hydrogen) atoms. The van der Waals surface area contributed by atoms with Gasteiger partial charge >= 0.3 is 82.2 Å².